The first-order valence-corrected chi connectivity index (χ1v) is 5.15. The first-order chi connectivity index (χ1) is 8.73. The molecule has 1 aromatic carbocycles. The lowest BCUT2D eigenvalue weighted by Gasteiger charge is -2.13. The molecule has 0 saturated carbocycles. The number of nitro benzene ring substituents is 1. The summed E-state index contributed by atoms with van der Waals surface area (Å²) >= 11 is 5.16. The van der Waals surface area contributed by atoms with Crippen molar-refractivity contribution in [3.05, 3.63) is 38.9 Å². The number of ketones is 1. The molecule has 0 aliphatic heterocycles. The minimum atomic E-state index is -5.08. The summed E-state index contributed by atoms with van der Waals surface area (Å²) in [5.74, 6) is -2.13. The van der Waals surface area contributed by atoms with Crippen molar-refractivity contribution in [3.8, 4) is 6.07 Å². The van der Waals surface area contributed by atoms with Crippen LogP contribution in [-0.4, -0.2) is 16.6 Å². The molecule has 0 aliphatic rings. The number of nitro groups is 1. The third-order valence-electron chi connectivity index (χ3n) is 2.18. The van der Waals surface area contributed by atoms with Crippen LogP contribution in [0.3, 0.4) is 0 Å². The average molecular weight is 293 g/mol. The van der Waals surface area contributed by atoms with Crippen molar-refractivity contribution in [2.24, 2.45) is 0 Å². The number of hydrogen-bond acceptors (Lipinski definition) is 4. The molecule has 19 heavy (non-hydrogen) atoms. The van der Waals surface area contributed by atoms with E-state index >= 15 is 0 Å². The van der Waals surface area contributed by atoms with E-state index in [1.165, 1.54) is 6.07 Å². The molecule has 100 valence electrons. The van der Waals surface area contributed by atoms with Crippen molar-refractivity contribution >= 4 is 23.1 Å². The highest BCUT2D eigenvalue weighted by Gasteiger charge is 2.41. The van der Waals surface area contributed by atoms with Crippen LogP contribution in [0.15, 0.2) is 12.1 Å². The standard InChI is InChI=1S/C10H4ClF3N2O3/c11-3-7(17)8-6(16(18)19)2-1-5(4-15)9(8)10(12,13)14/h1-2H,3H2. The molecular weight excluding hydrogens is 289 g/mol. The number of carbonyl (C=O) groups is 1. The third-order valence-corrected chi connectivity index (χ3v) is 2.43. The van der Waals surface area contributed by atoms with Crippen molar-refractivity contribution in [1.82, 2.24) is 0 Å². The summed E-state index contributed by atoms with van der Waals surface area (Å²) in [7, 11) is 0. The van der Waals surface area contributed by atoms with Crippen LogP contribution >= 0.6 is 11.6 Å². The van der Waals surface area contributed by atoms with Crippen molar-refractivity contribution in [2.75, 3.05) is 5.88 Å². The minimum absolute atomic E-state index is 0.645. The van der Waals surface area contributed by atoms with Crippen LogP contribution in [0.2, 0.25) is 0 Å². The van der Waals surface area contributed by atoms with Gasteiger partial charge < -0.3 is 0 Å². The molecule has 5 nitrogen and oxygen atoms in total. The van der Waals surface area contributed by atoms with Gasteiger partial charge in [-0.15, -0.1) is 11.6 Å². The van der Waals surface area contributed by atoms with Gasteiger partial charge in [-0.05, 0) is 6.07 Å². The zero-order valence-electron chi connectivity index (χ0n) is 8.99. The number of rotatable bonds is 3. The second kappa shape index (κ2) is 5.24. The van der Waals surface area contributed by atoms with E-state index in [4.69, 9.17) is 16.9 Å². The Kier molecular flexibility index (Phi) is 4.11. The summed E-state index contributed by atoms with van der Waals surface area (Å²) in [5.41, 5.74) is -4.72. The molecule has 0 saturated heterocycles. The number of alkyl halides is 4. The molecular formula is C10H4ClF3N2O3. The molecule has 0 atom stereocenters. The van der Waals surface area contributed by atoms with E-state index in [0.717, 1.165) is 0 Å². The summed E-state index contributed by atoms with van der Waals surface area (Å²) < 4.78 is 38.6. The highest BCUT2D eigenvalue weighted by Crippen LogP contribution is 2.38. The molecule has 0 bridgehead atoms. The molecule has 0 radical (unpaired) electrons. The number of halogens is 4. The fourth-order valence-corrected chi connectivity index (χ4v) is 1.61. The predicted octanol–water partition coefficient (Wildman–Crippen LogP) is 2.91. The Morgan fingerprint density at radius 1 is 1.47 bits per heavy atom. The minimum Gasteiger partial charge on any atom is -0.293 e. The van der Waals surface area contributed by atoms with Gasteiger partial charge in [-0.1, -0.05) is 0 Å². The summed E-state index contributed by atoms with van der Waals surface area (Å²) in [5, 5.41) is 19.3. The lowest BCUT2D eigenvalue weighted by molar-refractivity contribution is -0.385. The van der Waals surface area contributed by atoms with Gasteiger partial charge in [0.05, 0.1) is 28.0 Å². The highest BCUT2D eigenvalue weighted by atomic mass is 35.5. The molecule has 1 rings (SSSR count). The van der Waals surface area contributed by atoms with E-state index in [2.05, 4.69) is 0 Å². The Morgan fingerprint density at radius 2 is 2.05 bits per heavy atom. The average Bonchev–Trinajstić information content (AvgIpc) is 2.34. The molecule has 0 amide bonds. The van der Waals surface area contributed by atoms with Gasteiger partial charge in [-0.25, -0.2) is 0 Å². The summed E-state index contributed by atoms with van der Waals surface area (Å²) in [6.07, 6.45) is -5.08. The molecule has 0 unspecified atom stereocenters. The van der Waals surface area contributed by atoms with Gasteiger partial charge >= 0.3 is 6.18 Å². The molecule has 0 fully saturated rings. The molecule has 0 aliphatic carbocycles. The van der Waals surface area contributed by atoms with Gasteiger partial charge in [0.2, 0.25) is 0 Å². The molecule has 0 heterocycles. The van der Waals surface area contributed by atoms with Gasteiger partial charge in [-0.2, -0.15) is 18.4 Å². The highest BCUT2D eigenvalue weighted by molar-refractivity contribution is 6.31. The maximum absolute atomic E-state index is 12.9. The zero-order valence-corrected chi connectivity index (χ0v) is 9.75. The first-order valence-electron chi connectivity index (χ1n) is 4.61. The van der Waals surface area contributed by atoms with Gasteiger partial charge in [0, 0.05) is 6.07 Å². The Labute approximate surface area is 109 Å². The van der Waals surface area contributed by atoms with E-state index in [9.17, 15) is 28.1 Å². The van der Waals surface area contributed by atoms with Crippen molar-refractivity contribution in [1.29, 1.82) is 5.26 Å². The van der Waals surface area contributed by atoms with Gasteiger partial charge in [0.25, 0.3) is 5.69 Å². The second-order valence-electron chi connectivity index (χ2n) is 3.31. The Bertz CT molecular complexity index is 593. The maximum atomic E-state index is 12.9. The van der Waals surface area contributed by atoms with Gasteiger partial charge in [0.15, 0.2) is 5.78 Å². The van der Waals surface area contributed by atoms with Crippen molar-refractivity contribution in [3.63, 3.8) is 0 Å². The van der Waals surface area contributed by atoms with Crippen molar-refractivity contribution in [2.45, 2.75) is 6.18 Å². The SMILES string of the molecule is N#Cc1ccc([N+](=O)[O-])c(C(=O)CCl)c1C(F)(F)F. The van der Waals surface area contributed by atoms with Crippen LogP contribution < -0.4 is 0 Å². The second-order valence-corrected chi connectivity index (χ2v) is 3.57. The molecule has 0 N–H and O–H groups in total. The lowest BCUT2D eigenvalue weighted by atomic mass is 9.96. The quantitative estimate of drug-likeness (QED) is 0.371. The van der Waals surface area contributed by atoms with Crippen LogP contribution in [0.4, 0.5) is 18.9 Å². The fraction of sp³-hybridized carbons (Fsp3) is 0.200. The molecule has 0 aromatic heterocycles. The molecule has 9 heteroatoms. The van der Waals surface area contributed by atoms with Gasteiger partial charge in [0.1, 0.15) is 5.56 Å². The maximum Gasteiger partial charge on any atom is 0.418 e. The largest absolute Gasteiger partial charge is 0.418 e. The Morgan fingerprint density at radius 3 is 2.42 bits per heavy atom. The summed E-state index contributed by atoms with van der Waals surface area (Å²) in [6, 6.07) is 2.57. The van der Waals surface area contributed by atoms with E-state index < -0.39 is 45.1 Å². The smallest absolute Gasteiger partial charge is 0.293 e. The van der Waals surface area contributed by atoms with Crippen LogP contribution in [-0.2, 0) is 6.18 Å². The van der Waals surface area contributed by atoms with Crippen LogP contribution in [0.1, 0.15) is 21.5 Å². The Hall–Kier alpha value is -2.14. The van der Waals surface area contributed by atoms with Crippen LogP contribution in [0, 0.1) is 21.4 Å². The number of Topliss-reactive ketones (excluding diaryl/α,β-unsaturated/α-hetero) is 1. The fourth-order valence-electron chi connectivity index (χ4n) is 1.48. The number of hydrogen-bond donors (Lipinski definition) is 0. The van der Waals surface area contributed by atoms with Crippen LogP contribution in [0.25, 0.3) is 0 Å². The number of carbonyl (C=O) groups excluding carboxylic acids is 1. The van der Waals surface area contributed by atoms with Crippen molar-refractivity contribution < 1.29 is 22.9 Å². The van der Waals surface area contributed by atoms with E-state index in [-0.39, 0.29) is 0 Å². The predicted molar refractivity (Wildman–Crippen MR) is 57.9 cm³/mol. The van der Waals surface area contributed by atoms with Crippen LogP contribution in [0.5, 0.6) is 0 Å². The number of nitrogens with zero attached hydrogens (tertiary/aromatic N) is 2. The Balaban J connectivity index is 3.83. The summed E-state index contributed by atoms with van der Waals surface area (Å²) in [4.78, 5) is 21.0. The normalized spacial score (nSPS) is 10.9. The van der Waals surface area contributed by atoms with E-state index in [1.54, 1.807) is 0 Å². The monoisotopic (exact) mass is 292 g/mol. The van der Waals surface area contributed by atoms with Gasteiger partial charge in [-0.3, -0.25) is 14.9 Å². The lowest BCUT2D eigenvalue weighted by Crippen LogP contribution is -2.18. The molecule has 1 aromatic rings. The molecule has 0 spiro atoms. The van der Waals surface area contributed by atoms with E-state index in [1.807, 2.05) is 0 Å². The first kappa shape index (κ1) is 14.9. The number of nitriles is 1. The zero-order chi connectivity index (χ0) is 14.8. The topological polar surface area (TPSA) is 84.0 Å². The van der Waals surface area contributed by atoms with E-state index in [0.29, 0.717) is 12.1 Å². The summed E-state index contributed by atoms with van der Waals surface area (Å²) in [6.45, 7) is 0. The third kappa shape index (κ3) is 2.82. The number of benzene rings is 1.